The van der Waals surface area contributed by atoms with Crippen molar-refractivity contribution >= 4 is 35.0 Å². The summed E-state index contributed by atoms with van der Waals surface area (Å²) < 4.78 is 0. The molecule has 6 N–H and O–H groups in total. The fourth-order valence-electron chi connectivity index (χ4n) is 6.26. The quantitative estimate of drug-likeness (QED) is 0.296. The first-order valence-corrected chi connectivity index (χ1v) is 10.8. The van der Waals surface area contributed by atoms with Crippen LogP contribution in [0, 0.1) is 23.7 Å². The van der Waals surface area contributed by atoms with Crippen LogP contribution < -0.4 is 5.73 Å². The molecule has 0 aromatic heterocycles. The van der Waals surface area contributed by atoms with Crippen molar-refractivity contribution in [1.29, 1.82) is 0 Å². The molecule has 35 heavy (non-hydrogen) atoms. The Morgan fingerprint density at radius 1 is 1.09 bits per heavy atom. The average Bonchev–Trinajstić information content (AvgIpc) is 2.75. The van der Waals surface area contributed by atoms with Crippen LogP contribution in [-0.4, -0.2) is 92.2 Å². The number of nitrogens with zero attached hydrogens (tertiary/aromatic N) is 1. The van der Waals surface area contributed by atoms with Gasteiger partial charge in [0.25, 0.3) is 0 Å². The van der Waals surface area contributed by atoms with Crippen molar-refractivity contribution in [2.45, 2.75) is 30.6 Å². The lowest BCUT2D eigenvalue weighted by Crippen LogP contribution is -2.77. The van der Waals surface area contributed by atoms with E-state index >= 15 is 0 Å². The molecule has 3 aliphatic rings. The highest BCUT2D eigenvalue weighted by molar-refractivity contribution is 6.32. The fourth-order valence-corrected chi connectivity index (χ4v) is 6.26. The molecule has 3 aliphatic carbocycles. The molecule has 2 saturated carbocycles. The van der Waals surface area contributed by atoms with Crippen LogP contribution in [0.15, 0.2) is 12.1 Å². The maximum absolute atomic E-state index is 13.7. The van der Waals surface area contributed by atoms with Crippen LogP contribution in [0.5, 0.6) is 5.75 Å². The first-order valence-electron chi connectivity index (χ1n) is 10.8. The van der Waals surface area contributed by atoms with E-state index in [9.17, 15) is 49.2 Å². The standard InChI is InChI=1S/C23H24N2O10/c1-6-9-7(22(33)34)4-5-8(26)11(9)16(27)12-10(6)17(28)14-15(25(2)3)18(29)13(21(24)32)20(31)23(14,35)19(12)30/h4-6,10,12-15,17,26,28,35H,1-3H3,(H2,24,32)(H,33,34)/t6-,10?,12?,13?,14?,15-,17-,23-/m0/s1. The Kier molecular flexibility index (Phi) is 5.47. The zero-order valence-electron chi connectivity index (χ0n) is 19.0. The van der Waals surface area contributed by atoms with Gasteiger partial charge in [-0.25, -0.2) is 4.79 Å². The SMILES string of the molecule is C[C@H]1c2c(C(=O)O)ccc(O)c2C(=O)C2C(=O)[C@]3(O)C(=O)C(C(N)=O)C(=O)[C@@H](N(C)C)C3[C@@H](O)C21. The monoisotopic (exact) mass is 488 g/mol. The molecule has 1 aromatic rings. The van der Waals surface area contributed by atoms with Gasteiger partial charge in [-0.05, 0) is 37.7 Å². The number of phenolic OH excluding ortho intramolecular Hbond substituents is 1. The number of fused-ring (bicyclic) bond motifs is 3. The summed E-state index contributed by atoms with van der Waals surface area (Å²) in [6.45, 7) is 1.44. The predicted molar refractivity (Wildman–Crippen MR) is 114 cm³/mol. The van der Waals surface area contributed by atoms with E-state index in [0.717, 1.165) is 12.1 Å². The summed E-state index contributed by atoms with van der Waals surface area (Å²) in [5, 5.41) is 43.0. The molecule has 12 nitrogen and oxygen atoms in total. The Labute approximate surface area is 198 Å². The number of ketones is 4. The Morgan fingerprint density at radius 2 is 1.69 bits per heavy atom. The number of carboxylic acids is 1. The minimum absolute atomic E-state index is 0.106. The van der Waals surface area contributed by atoms with Gasteiger partial charge in [-0.3, -0.25) is 28.9 Å². The largest absolute Gasteiger partial charge is 0.507 e. The summed E-state index contributed by atoms with van der Waals surface area (Å²) in [5.74, 6) is -16.5. The lowest BCUT2D eigenvalue weighted by molar-refractivity contribution is -0.196. The molecule has 1 amide bonds. The van der Waals surface area contributed by atoms with Gasteiger partial charge >= 0.3 is 5.97 Å². The maximum Gasteiger partial charge on any atom is 0.336 e. The Balaban J connectivity index is 2.00. The van der Waals surface area contributed by atoms with Crippen molar-refractivity contribution in [2.75, 3.05) is 14.1 Å². The fraction of sp³-hybridized carbons (Fsp3) is 0.478. The Morgan fingerprint density at radius 3 is 2.20 bits per heavy atom. The molecule has 0 heterocycles. The topological polar surface area (TPSA) is 213 Å². The normalized spacial score (nSPS) is 36.5. The molecule has 186 valence electrons. The van der Waals surface area contributed by atoms with E-state index in [0.29, 0.717) is 0 Å². The number of aromatic carboxylic acids is 1. The number of likely N-dealkylation sites (N-methyl/N-ethyl adjacent to an activating group) is 1. The number of carbonyl (C=O) groups excluding carboxylic acids is 5. The van der Waals surface area contributed by atoms with E-state index in [1.165, 1.54) is 25.9 Å². The third-order valence-corrected chi connectivity index (χ3v) is 7.70. The van der Waals surface area contributed by atoms with Crippen molar-refractivity contribution in [2.24, 2.45) is 29.4 Å². The molecule has 12 heteroatoms. The Hall–Kier alpha value is -3.48. The number of aromatic hydroxyl groups is 1. The maximum atomic E-state index is 13.7. The number of phenols is 1. The predicted octanol–water partition coefficient (Wildman–Crippen LogP) is -1.90. The highest BCUT2D eigenvalue weighted by atomic mass is 16.4. The summed E-state index contributed by atoms with van der Waals surface area (Å²) in [7, 11) is 2.76. The van der Waals surface area contributed by atoms with Crippen LogP contribution in [0.3, 0.4) is 0 Å². The highest BCUT2D eigenvalue weighted by Gasteiger charge is 2.73. The molecule has 4 rings (SSSR count). The van der Waals surface area contributed by atoms with Gasteiger partial charge in [-0.1, -0.05) is 6.92 Å². The van der Waals surface area contributed by atoms with Crippen LogP contribution in [0.4, 0.5) is 0 Å². The zero-order valence-corrected chi connectivity index (χ0v) is 19.0. The first kappa shape index (κ1) is 24.6. The lowest BCUT2D eigenvalue weighted by atomic mass is 9.49. The molecule has 0 radical (unpaired) electrons. The third-order valence-electron chi connectivity index (χ3n) is 7.70. The molecule has 0 spiro atoms. The molecule has 2 fully saturated rings. The van der Waals surface area contributed by atoms with E-state index in [1.807, 2.05) is 0 Å². The number of carbonyl (C=O) groups is 6. The van der Waals surface area contributed by atoms with Gasteiger partial charge in [0.2, 0.25) is 5.91 Å². The van der Waals surface area contributed by atoms with Crippen LogP contribution >= 0.6 is 0 Å². The third kappa shape index (κ3) is 2.96. The second-order valence-corrected chi connectivity index (χ2v) is 9.59. The number of hydrogen-bond acceptors (Lipinski definition) is 10. The van der Waals surface area contributed by atoms with E-state index in [4.69, 9.17) is 5.73 Å². The molecular formula is C23H24N2O10. The number of nitrogens with two attached hydrogens (primary N) is 1. The highest BCUT2D eigenvalue weighted by Crippen LogP contribution is 2.54. The minimum Gasteiger partial charge on any atom is -0.507 e. The molecule has 0 aliphatic heterocycles. The van der Waals surface area contributed by atoms with Gasteiger partial charge in [0, 0.05) is 5.92 Å². The van der Waals surface area contributed by atoms with Crippen molar-refractivity contribution in [1.82, 2.24) is 4.90 Å². The number of primary amides is 1. The van der Waals surface area contributed by atoms with E-state index in [2.05, 4.69) is 0 Å². The zero-order chi connectivity index (χ0) is 26.3. The number of hydrogen-bond donors (Lipinski definition) is 5. The van der Waals surface area contributed by atoms with Crippen molar-refractivity contribution in [3.8, 4) is 5.75 Å². The number of aliphatic hydroxyl groups is 2. The summed E-state index contributed by atoms with van der Waals surface area (Å²) in [6, 6.07) is 0.563. The van der Waals surface area contributed by atoms with E-state index < -0.39 is 93.7 Å². The summed E-state index contributed by atoms with van der Waals surface area (Å²) in [6.07, 6.45) is -1.83. The molecule has 0 saturated heterocycles. The lowest BCUT2D eigenvalue weighted by Gasteiger charge is -2.56. The van der Waals surface area contributed by atoms with Gasteiger partial charge in [0.15, 0.2) is 34.7 Å². The van der Waals surface area contributed by atoms with Crippen LogP contribution in [-0.2, 0) is 19.2 Å². The summed E-state index contributed by atoms with van der Waals surface area (Å²) in [5.41, 5.74) is 1.24. The number of carboxylic acid groups (broad SMARTS) is 1. The van der Waals surface area contributed by atoms with Crippen LogP contribution in [0.2, 0.25) is 0 Å². The Bertz CT molecular complexity index is 1220. The number of aliphatic hydroxyl groups excluding tert-OH is 1. The molecule has 4 unspecified atom stereocenters. The average molecular weight is 488 g/mol. The summed E-state index contributed by atoms with van der Waals surface area (Å²) in [4.78, 5) is 78.6. The molecule has 8 atom stereocenters. The smallest absolute Gasteiger partial charge is 0.336 e. The van der Waals surface area contributed by atoms with Crippen molar-refractivity contribution in [3.05, 3.63) is 28.8 Å². The first-order chi connectivity index (χ1) is 16.2. The number of amides is 1. The number of benzene rings is 1. The molecular weight excluding hydrogens is 464 g/mol. The van der Waals surface area contributed by atoms with E-state index in [1.54, 1.807) is 0 Å². The van der Waals surface area contributed by atoms with Crippen molar-refractivity contribution in [3.63, 3.8) is 0 Å². The van der Waals surface area contributed by atoms with Gasteiger partial charge in [0.1, 0.15) is 5.75 Å². The van der Waals surface area contributed by atoms with Gasteiger partial charge in [-0.2, -0.15) is 0 Å². The van der Waals surface area contributed by atoms with Crippen molar-refractivity contribution < 1.29 is 49.2 Å². The minimum atomic E-state index is -3.10. The molecule has 1 aromatic carbocycles. The second-order valence-electron chi connectivity index (χ2n) is 9.59. The molecule has 0 bridgehead atoms. The second kappa shape index (κ2) is 7.77. The van der Waals surface area contributed by atoms with Gasteiger partial charge in [-0.15, -0.1) is 0 Å². The van der Waals surface area contributed by atoms with Crippen LogP contribution in [0.25, 0.3) is 0 Å². The summed E-state index contributed by atoms with van der Waals surface area (Å²) >= 11 is 0. The number of Topliss-reactive ketones (excluding diaryl/α,β-unsaturated/α-hetero) is 4. The number of rotatable bonds is 3. The van der Waals surface area contributed by atoms with Crippen LogP contribution in [0.1, 0.15) is 39.1 Å². The van der Waals surface area contributed by atoms with E-state index in [-0.39, 0.29) is 11.1 Å². The van der Waals surface area contributed by atoms with Gasteiger partial charge in [0.05, 0.1) is 35.1 Å². The van der Waals surface area contributed by atoms with Gasteiger partial charge < -0.3 is 26.2 Å².